The molecule has 1 N–H and O–H groups in total. The minimum atomic E-state index is -4.73. The van der Waals surface area contributed by atoms with E-state index in [0.717, 1.165) is 38.1 Å². The van der Waals surface area contributed by atoms with Crippen LogP contribution in [0.15, 0.2) is 24.3 Å². The van der Waals surface area contributed by atoms with Gasteiger partial charge in [0.25, 0.3) is 5.91 Å². The molecule has 0 saturated carbocycles. The molecule has 124 valence electrons. The first-order chi connectivity index (χ1) is 9.87. The highest BCUT2D eigenvalue weighted by Crippen LogP contribution is 2.23. The normalized spacial score (nSPS) is 18.3. The fourth-order valence-electron chi connectivity index (χ4n) is 2.33. The first-order valence-corrected chi connectivity index (χ1v) is 6.70. The number of hydrogen-bond donors (Lipinski definition) is 1. The van der Waals surface area contributed by atoms with Crippen LogP contribution in [0.1, 0.15) is 23.2 Å². The number of hydrogen-bond acceptors (Lipinski definition) is 3. The van der Waals surface area contributed by atoms with Crippen LogP contribution < -0.4 is 10.1 Å². The van der Waals surface area contributed by atoms with E-state index in [1.165, 1.54) is 12.1 Å². The lowest BCUT2D eigenvalue weighted by atomic mass is 10.1. The van der Waals surface area contributed by atoms with E-state index in [1.807, 2.05) is 0 Å². The van der Waals surface area contributed by atoms with Gasteiger partial charge in [0.1, 0.15) is 5.75 Å². The number of piperidine rings is 1. The van der Waals surface area contributed by atoms with Gasteiger partial charge < -0.3 is 15.0 Å². The molecule has 1 aliphatic heterocycles. The van der Waals surface area contributed by atoms with Gasteiger partial charge in [0.2, 0.25) is 0 Å². The number of ether oxygens (including phenoxy) is 1. The smallest absolute Gasteiger partial charge is 0.406 e. The lowest BCUT2D eigenvalue weighted by molar-refractivity contribution is -0.274. The second-order valence-corrected chi connectivity index (χ2v) is 4.99. The second kappa shape index (κ2) is 7.69. The number of amides is 1. The minimum Gasteiger partial charge on any atom is -0.406 e. The van der Waals surface area contributed by atoms with Crippen LogP contribution in [-0.4, -0.2) is 43.3 Å². The first-order valence-electron chi connectivity index (χ1n) is 6.70. The zero-order chi connectivity index (χ0) is 15.5. The maximum absolute atomic E-state index is 12.3. The highest BCUT2D eigenvalue weighted by molar-refractivity contribution is 5.94. The quantitative estimate of drug-likeness (QED) is 0.921. The maximum Gasteiger partial charge on any atom is 0.573 e. The van der Waals surface area contributed by atoms with Crippen molar-refractivity contribution < 1.29 is 22.7 Å². The summed E-state index contributed by atoms with van der Waals surface area (Å²) < 4.78 is 40.0. The molecule has 1 aliphatic rings. The summed E-state index contributed by atoms with van der Waals surface area (Å²) in [6.07, 6.45) is -2.80. The van der Waals surface area contributed by atoms with Crippen LogP contribution in [0.3, 0.4) is 0 Å². The lowest BCUT2D eigenvalue weighted by Gasteiger charge is -2.31. The SMILES string of the molecule is CN(C(=O)c1ccc(OC(F)(F)F)cc1)C1CCCNC1.Cl. The molecule has 1 amide bonds. The number of rotatable bonds is 3. The highest BCUT2D eigenvalue weighted by Gasteiger charge is 2.31. The Bertz CT molecular complexity index is 488. The maximum atomic E-state index is 12.3. The summed E-state index contributed by atoms with van der Waals surface area (Å²) >= 11 is 0. The zero-order valence-corrected chi connectivity index (χ0v) is 12.8. The molecule has 1 aromatic rings. The fourth-order valence-corrected chi connectivity index (χ4v) is 2.33. The topological polar surface area (TPSA) is 41.6 Å². The average Bonchev–Trinajstić information content (AvgIpc) is 2.46. The highest BCUT2D eigenvalue weighted by atomic mass is 35.5. The van der Waals surface area contributed by atoms with Crippen molar-refractivity contribution in [2.45, 2.75) is 25.2 Å². The number of carbonyl (C=O) groups is 1. The molecule has 0 radical (unpaired) electrons. The third-order valence-electron chi connectivity index (χ3n) is 3.47. The van der Waals surface area contributed by atoms with Gasteiger partial charge in [-0.15, -0.1) is 25.6 Å². The van der Waals surface area contributed by atoms with Crippen molar-refractivity contribution in [1.29, 1.82) is 0 Å². The van der Waals surface area contributed by atoms with Gasteiger partial charge in [-0.3, -0.25) is 4.79 Å². The Labute approximate surface area is 133 Å². The fraction of sp³-hybridized carbons (Fsp3) is 0.500. The van der Waals surface area contributed by atoms with Crippen molar-refractivity contribution in [3.8, 4) is 5.75 Å². The van der Waals surface area contributed by atoms with E-state index in [4.69, 9.17) is 0 Å². The van der Waals surface area contributed by atoms with Crippen molar-refractivity contribution in [2.24, 2.45) is 0 Å². The molecule has 0 spiro atoms. The number of nitrogens with one attached hydrogen (secondary N) is 1. The molecule has 1 fully saturated rings. The molecule has 2 rings (SSSR count). The summed E-state index contributed by atoms with van der Waals surface area (Å²) in [5, 5.41) is 3.22. The van der Waals surface area contributed by atoms with Crippen molar-refractivity contribution in [3.63, 3.8) is 0 Å². The Balaban J connectivity index is 0.00000242. The number of carbonyl (C=O) groups excluding carboxylic acids is 1. The van der Waals surface area contributed by atoms with Gasteiger partial charge in [-0.1, -0.05) is 0 Å². The number of benzene rings is 1. The van der Waals surface area contributed by atoms with Gasteiger partial charge in [0.05, 0.1) is 0 Å². The Morgan fingerprint density at radius 3 is 2.45 bits per heavy atom. The van der Waals surface area contributed by atoms with Gasteiger partial charge in [0.15, 0.2) is 0 Å². The van der Waals surface area contributed by atoms with E-state index >= 15 is 0 Å². The predicted molar refractivity (Wildman–Crippen MR) is 78.4 cm³/mol. The van der Waals surface area contributed by atoms with E-state index in [-0.39, 0.29) is 30.1 Å². The zero-order valence-electron chi connectivity index (χ0n) is 12.0. The molecule has 4 nitrogen and oxygen atoms in total. The summed E-state index contributed by atoms with van der Waals surface area (Å²) in [5.41, 5.74) is 0.345. The largest absolute Gasteiger partial charge is 0.573 e. The third-order valence-corrected chi connectivity index (χ3v) is 3.47. The first kappa shape index (κ1) is 18.6. The summed E-state index contributed by atoms with van der Waals surface area (Å²) in [6, 6.07) is 5.09. The van der Waals surface area contributed by atoms with Crippen molar-refractivity contribution >= 4 is 18.3 Å². The summed E-state index contributed by atoms with van der Waals surface area (Å²) in [5.74, 6) is -0.539. The molecule has 8 heteroatoms. The predicted octanol–water partition coefficient (Wildman–Crippen LogP) is 2.83. The molecule has 1 unspecified atom stereocenters. The van der Waals surface area contributed by atoms with E-state index in [2.05, 4.69) is 10.1 Å². The van der Waals surface area contributed by atoms with Crippen LogP contribution in [0.5, 0.6) is 5.75 Å². The molecule has 0 bridgehead atoms. The van der Waals surface area contributed by atoms with E-state index in [1.54, 1.807) is 11.9 Å². The summed E-state index contributed by atoms with van der Waals surface area (Å²) in [4.78, 5) is 13.9. The standard InChI is InChI=1S/C14H17F3N2O2.ClH/c1-19(11-3-2-8-18-9-11)13(20)10-4-6-12(7-5-10)21-14(15,16)17;/h4-7,11,18H,2-3,8-9H2,1H3;1H. The third kappa shape index (κ3) is 5.06. The van der Waals surface area contributed by atoms with Crippen molar-refractivity contribution in [2.75, 3.05) is 20.1 Å². The Morgan fingerprint density at radius 2 is 1.95 bits per heavy atom. The van der Waals surface area contributed by atoms with Crippen LogP contribution in [0.4, 0.5) is 13.2 Å². The minimum absolute atomic E-state index is 0. The monoisotopic (exact) mass is 338 g/mol. The molecular weight excluding hydrogens is 321 g/mol. The van der Waals surface area contributed by atoms with Crippen molar-refractivity contribution in [1.82, 2.24) is 10.2 Å². The Kier molecular flexibility index (Phi) is 6.49. The molecule has 0 aliphatic carbocycles. The van der Waals surface area contributed by atoms with Gasteiger partial charge in [-0.05, 0) is 43.7 Å². The molecule has 22 heavy (non-hydrogen) atoms. The molecule has 1 heterocycles. The van der Waals surface area contributed by atoms with Gasteiger partial charge in [0, 0.05) is 25.2 Å². The Morgan fingerprint density at radius 1 is 1.32 bits per heavy atom. The second-order valence-electron chi connectivity index (χ2n) is 4.99. The summed E-state index contributed by atoms with van der Waals surface area (Å²) in [7, 11) is 1.71. The number of nitrogens with zero attached hydrogens (tertiary/aromatic N) is 1. The van der Waals surface area contributed by atoms with E-state index in [9.17, 15) is 18.0 Å². The van der Waals surface area contributed by atoms with Crippen molar-refractivity contribution in [3.05, 3.63) is 29.8 Å². The molecular formula is C14H18ClF3N2O2. The molecule has 1 aromatic carbocycles. The average molecular weight is 339 g/mol. The van der Waals surface area contributed by atoms with Crippen LogP contribution in [0, 0.1) is 0 Å². The van der Waals surface area contributed by atoms with Gasteiger partial charge in [-0.2, -0.15) is 0 Å². The number of halogens is 4. The van der Waals surface area contributed by atoms with Crippen LogP contribution >= 0.6 is 12.4 Å². The van der Waals surface area contributed by atoms with E-state index in [0.29, 0.717) is 5.56 Å². The molecule has 0 aromatic heterocycles. The lowest BCUT2D eigenvalue weighted by Crippen LogP contribution is -2.46. The molecule has 1 saturated heterocycles. The van der Waals surface area contributed by atoms with E-state index < -0.39 is 6.36 Å². The van der Waals surface area contributed by atoms with Crippen LogP contribution in [-0.2, 0) is 0 Å². The van der Waals surface area contributed by atoms with Crippen LogP contribution in [0.2, 0.25) is 0 Å². The summed E-state index contributed by atoms with van der Waals surface area (Å²) in [6.45, 7) is 1.68. The molecule has 1 atom stereocenters. The van der Waals surface area contributed by atoms with Crippen LogP contribution in [0.25, 0.3) is 0 Å². The number of likely N-dealkylation sites (N-methyl/N-ethyl adjacent to an activating group) is 1. The number of alkyl halides is 3. The van der Waals surface area contributed by atoms with Gasteiger partial charge >= 0.3 is 6.36 Å². The Hall–Kier alpha value is -1.47. The van der Waals surface area contributed by atoms with Gasteiger partial charge in [-0.25, -0.2) is 0 Å².